The molecule has 2 atom stereocenters. The molecule has 0 radical (unpaired) electrons. The number of aliphatic hydroxyl groups is 1. The van der Waals surface area contributed by atoms with Gasteiger partial charge in [0.2, 0.25) is 0 Å². The number of likely N-dealkylation sites (tertiary alicyclic amines) is 1. The van der Waals surface area contributed by atoms with Crippen LogP contribution in [0.1, 0.15) is 12.8 Å². The minimum Gasteiger partial charge on any atom is -0.453 e. The normalized spacial score (nSPS) is 28.7. The molecule has 76 valence electrons. The van der Waals surface area contributed by atoms with Crippen molar-refractivity contribution in [3.8, 4) is 0 Å². The maximum atomic E-state index is 11.2. The summed E-state index contributed by atoms with van der Waals surface area (Å²) in [5, 5.41) is 9.51. The molecule has 0 spiro atoms. The highest BCUT2D eigenvalue weighted by molar-refractivity contribution is 5.67. The fourth-order valence-corrected chi connectivity index (χ4v) is 1.55. The third kappa shape index (κ3) is 2.10. The number of hydrogen-bond donors (Lipinski definition) is 1. The maximum absolute atomic E-state index is 11.2. The molecule has 1 heterocycles. The number of carbonyl (C=O) groups excluding carboxylic acids is 1. The van der Waals surface area contributed by atoms with Crippen LogP contribution in [0.3, 0.4) is 0 Å². The number of amides is 1. The summed E-state index contributed by atoms with van der Waals surface area (Å²) in [6.07, 6.45) is -0.202. The molecule has 1 amide bonds. The zero-order valence-electron chi connectivity index (χ0n) is 7.90. The van der Waals surface area contributed by atoms with Crippen LogP contribution in [0.15, 0.2) is 0 Å². The molecule has 2 unspecified atom stereocenters. The summed E-state index contributed by atoms with van der Waals surface area (Å²) in [5.41, 5.74) is 0. The largest absolute Gasteiger partial charge is 0.453 e. The van der Waals surface area contributed by atoms with Crippen LogP contribution in [0.2, 0.25) is 0 Å². The first-order valence-electron chi connectivity index (χ1n) is 4.26. The molecule has 0 aromatic heterocycles. The Morgan fingerprint density at radius 2 is 2.23 bits per heavy atom. The van der Waals surface area contributed by atoms with Crippen molar-refractivity contribution >= 4 is 6.09 Å². The molecule has 0 aromatic rings. The summed E-state index contributed by atoms with van der Waals surface area (Å²) in [7, 11) is 2.78. The second-order valence-corrected chi connectivity index (χ2v) is 3.00. The summed E-state index contributed by atoms with van der Waals surface area (Å²) < 4.78 is 9.58. The summed E-state index contributed by atoms with van der Waals surface area (Å²) in [5.74, 6) is 0. The first kappa shape index (κ1) is 10.3. The molecule has 1 fully saturated rings. The van der Waals surface area contributed by atoms with Crippen molar-refractivity contribution < 1.29 is 19.4 Å². The highest BCUT2D eigenvalue weighted by atomic mass is 16.6. The van der Waals surface area contributed by atoms with Crippen molar-refractivity contribution in [1.29, 1.82) is 0 Å². The van der Waals surface area contributed by atoms with E-state index in [-0.39, 0.29) is 0 Å². The molecule has 13 heavy (non-hydrogen) atoms. The minimum atomic E-state index is -0.613. The van der Waals surface area contributed by atoms with Gasteiger partial charge in [-0.2, -0.15) is 0 Å². The highest BCUT2D eigenvalue weighted by Gasteiger charge is 2.33. The Kier molecular flexibility index (Phi) is 3.50. The molecule has 0 aromatic carbocycles. The van der Waals surface area contributed by atoms with Gasteiger partial charge in [0.05, 0.1) is 13.2 Å². The molecule has 5 nitrogen and oxygen atoms in total. The fraction of sp³-hybridized carbons (Fsp3) is 0.875. The van der Waals surface area contributed by atoms with Crippen LogP contribution < -0.4 is 0 Å². The van der Waals surface area contributed by atoms with E-state index in [4.69, 9.17) is 4.74 Å². The van der Waals surface area contributed by atoms with Crippen molar-refractivity contribution in [3.05, 3.63) is 0 Å². The van der Waals surface area contributed by atoms with Crippen LogP contribution in [0, 0.1) is 0 Å². The van der Waals surface area contributed by atoms with Gasteiger partial charge in [-0.15, -0.1) is 0 Å². The van der Waals surface area contributed by atoms with Crippen molar-refractivity contribution in [2.45, 2.75) is 25.2 Å². The van der Waals surface area contributed by atoms with E-state index in [1.165, 1.54) is 19.1 Å². The molecule has 0 saturated carbocycles. The van der Waals surface area contributed by atoms with Gasteiger partial charge in [-0.1, -0.05) is 0 Å². The Morgan fingerprint density at radius 3 is 2.77 bits per heavy atom. The lowest BCUT2D eigenvalue weighted by molar-refractivity contribution is -0.116. The number of aliphatic hydroxyl groups excluding tert-OH is 1. The first-order valence-corrected chi connectivity index (χ1v) is 4.26. The number of methoxy groups -OCH3 is 2. The smallest absolute Gasteiger partial charge is 0.411 e. The van der Waals surface area contributed by atoms with Crippen LogP contribution in [0.4, 0.5) is 4.79 Å². The Balaban J connectivity index is 2.64. The van der Waals surface area contributed by atoms with Crippen molar-refractivity contribution in [3.63, 3.8) is 0 Å². The van der Waals surface area contributed by atoms with Gasteiger partial charge in [0, 0.05) is 13.7 Å². The Morgan fingerprint density at radius 1 is 1.54 bits per heavy atom. The summed E-state index contributed by atoms with van der Waals surface area (Å²) in [6.45, 7) is 0.572. The summed E-state index contributed by atoms with van der Waals surface area (Å²) in [4.78, 5) is 12.6. The molecule has 0 bridgehead atoms. The van der Waals surface area contributed by atoms with Gasteiger partial charge in [0.25, 0.3) is 0 Å². The second kappa shape index (κ2) is 4.43. The second-order valence-electron chi connectivity index (χ2n) is 3.00. The van der Waals surface area contributed by atoms with Crippen molar-refractivity contribution in [2.75, 3.05) is 20.8 Å². The van der Waals surface area contributed by atoms with E-state index < -0.39 is 18.4 Å². The van der Waals surface area contributed by atoms with Gasteiger partial charge in [-0.3, -0.25) is 4.90 Å². The van der Waals surface area contributed by atoms with Crippen LogP contribution >= 0.6 is 0 Å². The van der Waals surface area contributed by atoms with E-state index in [2.05, 4.69) is 4.74 Å². The molecule has 0 aliphatic carbocycles. The van der Waals surface area contributed by atoms with E-state index in [9.17, 15) is 9.90 Å². The SMILES string of the molecule is COC(=O)N1CCCC(O)C1OC. The van der Waals surface area contributed by atoms with Gasteiger partial charge in [0.15, 0.2) is 6.23 Å². The number of rotatable bonds is 1. The molecule has 1 N–H and O–H groups in total. The number of piperidine rings is 1. The molecule has 1 aliphatic rings. The third-order valence-corrected chi connectivity index (χ3v) is 2.19. The molecule has 5 heteroatoms. The quantitative estimate of drug-likeness (QED) is 0.639. The molecule has 1 rings (SSSR count). The Labute approximate surface area is 77.2 Å². The van der Waals surface area contributed by atoms with Gasteiger partial charge in [-0.05, 0) is 12.8 Å². The zero-order valence-corrected chi connectivity index (χ0v) is 7.90. The number of carbonyl (C=O) groups is 1. The molecular weight excluding hydrogens is 174 g/mol. The van der Waals surface area contributed by atoms with E-state index in [0.29, 0.717) is 13.0 Å². The monoisotopic (exact) mass is 189 g/mol. The summed E-state index contributed by atoms with van der Waals surface area (Å²) >= 11 is 0. The highest BCUT2D eigenvalue weighted by Crippen LogP contribution is 2.18. The first-order chi connectivity index (χ1) is 6.20. The maximum Gasteiger partial charge on any atom is 0.411 e. The lowest BCUT2D eigenvalue weighted by atomic mass is 10.1. The summed E-state index contributed by atoms with van der Waals surface area (Å²) in [6, 6.07) is 0. The molecule has 1 aliphatic heterocycles. The minimum absolute atomic E-state index is 0.453. The predicted octanol–water partition coefficient (Wildman–Crippen LogP) is 0.182. The topological polar surface area (TPSA) is 59.0 Å². The standard InChI is InChI=1S/C8H15NO4/c1-12-7-6(10)4-3-5-9(7)8(11)13-2/h6-7,10H,3-5H2,1-2H3. The lowest BCUT2D eigenvalue weighted by Gasteiger charge is -2.36. The van der Waals surface area contributed by atoms with E-state index in [1.807, 2.05) is 0 Å². The van der Waals surface area contributed by atoms with Gasteiger partial charge in [-0.25, -0.2) is 4.79 Å². The lowest BCUT2D eigenvalue weighted by Crippen LogP contribution is -2.51. The third-order valence-electron chi connectivity index (χ3n) is 2.19. The molecular formula is C8H15NO4. The van der Waals surface area contributed by atoms with Gasteiger partial charge >= 0.3 is 6.09 Å². The Hall–Kier alpha value is -0.810. The van der Waals surface area contributed by atoms with Gasteiger partial charge < -0.3 is 14.6 Å². The van der Waals surface area contributed by atoms with E-state index in [0.717, 1.165) is 6.42 Å². The van der Waals surface area contributed by atoms with E-state index in [1.54, 1.807) is 0 Å². The van der Waals surface area contributed by atoms with Crippen LogP contribution in [0.5, 0.6) is 0 Å². The van der Waals surface area contributed by atoms with Crippen LogP contribution in [0.25, 0.3) is 0 Å². The average Bonchev–Trinajstić information content (AvgIpc) is 2.16. The number of hydrogen-bond acceptors (Lipinski definition) is 4. The van der Waals surface area contributed by atoms with Crippen LogP contribution in [-0.4, -0.2) is 49.2 Å². The van der Waals surface area contributed by atoms with Crippen molar-refractivity contribution in [1.82, 2.24) is 4.90 Å². The predicted molar refractivity (Wildman–Crippen MR) is 45.1 cm³/mol. The number of nitrogens with zero attached hydrogens (tertiary/aromatic N) is 1. The molecule has 1 saturated heterocycles. The Bertz CT molecular complexity index is 185. The average molecular weight is 189 g/mol. The van der Waals surface area contributed by atoms with Gasteiger partial charge in [0.1, 0.15) is 0 Å². The zero-order chi connectivity index (χ0) is 9.84. The van der Waals surface area contributed by atoms with E-state index >= 15 is 0 Å². The fourth-order valence-electron chi connectivity index (χ4n) is 1.55. The van der Waals surface area contributed by atoms with Crippen LogP contribution in [-0.2, 0) is 9.47 Å². The van der Waals surface area contributed by atoms with Crippen molar-refractivity contribution in [2.24, 2.45) is 0 Å². The number of ether oxygens (including phenoxy) is 2.